The van der Waals surface area contributed by atoms with Crippen LogP contribution in [-0.4, -0.2) is 29.4 Å². The van der Waals surface area contributed by atoms with Gasteiger partial charge in [0, 0.05) is 13.0 Å². The zero-order valence-electron chi connectivity index (χ0n) is 11.4. The number of aliphatic hydroxyl groups is 2. The van der Waals surface area contributed by atoms with Gasteiger partial charge in [-0.2, -0.15) is 0 Å². The van der Waals surface area contributed by atoms with Gasteiger partial charge in [0.1, 0.15) is 0 Å². The van der Waals surface area contributed by atoms with Crippen molar-refractivity contribution in [3.05, 3.63) is 11.8 Å². The smallest absolute Gasteiger partial charge is 0.334 e. The normalized spacial score (nSPS) is 11.6. The van der Waals surface area contributed by atoms with Gasteiger partial charge in [0.05, 0.1) is 18.4 Å². The predicted octanol–water partition coefficient (Wildman–Crippen LogP) is 3.10. The number of ether oxygens (including phenoxy) is 1. The van der Waals surface area contributed by atoms with Crippen molar-refractivity contribution < 1.29 is 19.7 Å². The van der Waals surface area contributed by atoms with Crippen molar-refractivity contribution in [2.75, 3.05) is 13.2 Å². The van der Waals surface area contributed by atoms with Crippen LogP contribution in [0.5, 0.6) is 0 Å². The molecule has 106 valence electrons. The van der Waals surface area contributed by atoms with Crippen molar-refractivity contribution in [3.8, 4) is 0 Å². The largest absolute Gasteiger partial charge is 0.512 e. The molecule has 0 saturated carbocycles. The molecule has 0 amide bonds. The molecule has 0 radical (unpaired) electrons. The summed E-state index contributed by atoms with van der Waals surface area (Å²) in [6, 6.07) is 0. The Labute approximate surface area is 110 Å². The maximum absolute atomic E-state index is 11.0. The van der Waals surface area contributed by atoms with E-state index in [4.69, 9.17) is 9.84 Å². The first-order valence-electron chi connectivity index (χ1n) is 6.87. The Bertz CT molecular complexity index is 236. The van der Waals surface area contributed by atoms with Gasteiger partial charge in [0.25, 0.3) is 0 Å². The van der Waals surface area contributed by atoms with Crippen molar-refractivity contribution >= 4 is 5.97 Å². The molecule has 0 aliphatic heterocycles. The Morgan fingerprint density at radius 2 is 1.61 bits per heavy atom. The monoisotopic (exact) mass is 258 g/mol. The average Bonchev–Trinajstić information content (AvgIpc) is 2.32. The highest BCUT2D eigenvalue weighted by Gasteiger charge is 2.00. The summed E-state index contributed by atoms with van der Waals surface area (Å²) in [5.41, 5.74) is 0. The number of allylic oxidation sites excluding steroid dienone is 1. The third-order valence-corrected chi connectivity index (χ3v) is 2.66. The zero-order chi connectivity index (χ0) is 13.6. The first kappa shape index (κ1) is 17.0. The molecule has 0 aromatic rings. The molecular weight excluding hydrogens is 232 g/mol. The molecule has 2 N–H and O–H groups in total. The Morgan fingerprint density at radius 3 is 2.17 bits per heavy atom. The fourth-order valence-corrected chi connectivity index (χ4v) is 1.69. The maximum Gasteiger partial charge on any atom is 0.334 e. The van der Waals surface area contributed by atoms with Crippen LogP contribution in [0, 0.1) is 0 Å². The lowest BCUT2D eigenvalue weighted by atomic mass is 10.1. The summed E-state index contributed by atoms with van der Waals surface area (Å²) in [5, 5.41) is 18.1. The Balaban J connectivity index is 3.40. The minimum atomic E-state index is -0.473. The van der Waals surface area contributed by atoms with Gasteiger partial charge in [-0.15, -0.1) is 0 Å². The van der Waals surface area contributed by atoms with E-state index in [2.05, 4.69) is 0 Å². The lowest BCUT2D eigenvalue weighted by Gasteiger charge is -2.02. The fraction of sp³-hybridized carbons (Fsp3) is 0.786. The molecule has 0 saturated heterocycles. The molecule has 0 heterocycles. The number of unbranched alkanes of at least 4 members (excludes halogenated alkanes) is 6. The molecule has 18 heavy (non-hydrogen) atoms. The van der Waals surface area contributed by atoms with Gasteiger partial charge >= 0.3 is 5.97 Å². The molecule has 0 rings (SSSR count). The molecule has 0 aromatic heterocycles. The predicted molar refractivity (Wildman–Crippen MR) is 71.4 cm³/mol. The molecule has 0 spiro atoms. The summed E-state index contributed by atoms with van der Waals surface area (Å²) in [6.07, 6.45) is 9.08. The van der Waals surface area contributed by atoms with Crippen LogP contribution in [0.2, 0.25) is 0 Å². The van der Waals surface area contributed by atoms with Crippen molar-refractivity contribution in [2.24, 2.45) is 0 Å². The Kier molecular flexibility index (Phi) is 11.7. The average molecular weight is 258 g/mol. The number of hydrogen-bond acceptors (Lipinski definition) is 4. The molecule has 0 aliphatic rings. The molecule has 4 nitrogen and oxygen atoms in total. The van der Waals surface area contributed by atoms with Gasteiger partial charge < -0.3 is 14.9 Å². The van der Waals surface area contributed by atoms with Crippen molar-refractivity contribution in [3.63, 3.8) is 0 Å². The maximum atomic E-state index is 11.0. The lowest BCUT2D eigenvalue weighted by Crippen LogP contribution is -2.01. The molecule has 0 fully saturated rings. The molecule has 0 atom stereocenters. The van der Waals surface area contributed by atoms with E-state index in [9.17, 15) is 9.90 Å². The second-order valence-corrected chi connectivity index (χ2v) is 4.34. The van der Waals surface area contributed by atoms with Crippen LogP contribution in [0.4, 0.5) is 0 Å². The Hall–Kier alpha value is -1.03. The number of aliphatic hydroxyl groups excluding tert-OH is 2. The molecular formula is C14H26O4. The van der Waals surface area contributed by atoms with Crippen LogP contribution in [0.15, 0.2) is 11.8 Å². The van der Waals surface area contributed by atoms with Crippen molar-refractivity contribution in [1.29, 1.82) is 0 Å². The number of carbonyl (C=O) groups excluding carboxylic acids is 1. The van der Waals surface area contributed by atoms with E-state index < -0.39 is 5.97 Å². The van der Waals surface area contributed by atoms with Gasteiger partial charge in [-0.25, -0.2) is 4.79 Å². The second kappa shape index (κ2) is 12.4. The second-order valence-electron chi connectivity index (χ2n) is 4.34. The number of esters is 1. The quantitative estimate of drug-likeness (QED) is 0.259. The van der Waals surface area contributed by atoms with Gasteiger partial charge in [-0.3, -0.25) is 0 Å². The minimum Gasteiger partial charge on any atom is -0.512 e. The highest BCUT2D eigenvalue weighted by molar-refractivity contribution is 5.82. The topological polar surface area (TPSA) is 66.8 Å². The summed E-state index contributed by atoms with van der Waals surface area (Å²) >= 11 is 0. The highest BCUT2D eigenvalue weighted by atomic mass is 16.5. The van der Waals surface area contributed by atoms with E-state index >= 15 is 0 Å². The van der Waals surface area contributed by atoms with Crippen molar-refractivity contribution in [1.82, 2.24) is 0 Å². The van der Waals surface area contributed by atoms with Crippen LogP contribution in [0.1, 0.15) is 58.3 Å². The third-order valence-electron chi connectivity index (χ3n) is 2.66. The first-order chi connectivity index (χ1) is 8.70. The molecule has 4 heteroatoms. The van der Waals surface area contributed by atoms with Crippen molar-refractivity contribution in [2.45, 2.75) is 58.3 Å². The molecule has 0 unspecified atom stereocenters. The lowest BCUT2D eigenvalue weighted by molar-refractivity contribution is -0.137. The minimum absolute atomic E-state index is 0.105. The van der Waals surface area contributed by atoms with E-state index in [1.54, 1.807) is 6.92 Å². The summed E-state index contributed by atoms with van der Waals surface area (Å²) in [4.78, 5) is 11.0. The van der Waals surface area contributed by atoms with Gasteiger partial charge in [0.15, 0.2) is 0 Å². The summed E-state index contributed by atoms with van der Waals surface area (Å²) in [5.74, 6) is -0.368. The van der Waals surface area contributed by atoms with E-state index in [1.807, 2.05) is 0 Å². The molecule has 0 aliphatic carbocycles. The zero-order valence-corrected chi connectivity index (χ0v) is 11.4. The van der Waals surface area contributed by atoms with E-state index in [0.29, 0.717) is 13.0 Å². The van der Waals surface area contributed by atoms with Gasteiger partial charge in [0.2, 0.25) is 0 Å². The van der Waals surface area contributed by atoms with E-state index in [0.717, 1.165) is 44.6 Å². The van der Waals surface area contributed by atoms with Gasteiger partial charge in [-0.05, 0) is 19.8 Å². The highest BCUT2D eigenvalue weighted by Crippen LogP contribution is 2.11. The molecule has 0 bridgehead atoms. The standard InChI is InChI=1S/C14H26O4/c1-2-18-14(17)12-13(16)10-8-6-4-3-5-7-9-11-15/h12,15-16H,2-11H2,1H3. The van der Waals surface area contributed by atoms with Crippen LogP contribution >= 0.6 is 0 Å². The first-order valence-corrected chi connectivity index (χ1v) is 6.87. The fourth-order valence-electron chi connectivity index (χ4n) is 1.69. The Morgan fingerprint density at radius 1 is 1.06 bits per heavy atom. The summed E-state index contributed by atoms with van der Waals surface area (Å²) < 4.78 is 4.70. The number of carbonyl (C=O) groups is 1. The van der Waals surface area contributed by atoms with E-state index in [-0.39, 0.29) is 12.4 Å². The van der Waals surface area contributed by atoms with Crippen LogP contribution in [0.25, 0.3) is 0 Å². The SMILES string of the molecule is CCOC(=O)C=C(O)CCCCCCCCCO. The van der Waals surface area contributed by atoms with Crippen LogP contribution in [-0.2, 0) is 9.53 Å². The number of hydrogen-bond donors (Lipinski definition) is 2. The van der Waals surface area contributed by atoms with Gasteiger partial charge in [-0.1, -0.05) is 32.1 Å². The number of rotatable bonds is 11. The summed E-state index contributed by atoms with van der Waals surface area (Å²) in [6.45, 7) is 2.35. The van der Waals surface area contributed by atoms with Crippen LogP contribution in [0.3, 0.4) is 0 Å². The van der Waals surface area contributed by atoms with E-state index in [1.165, 1.54) is 6.42 Å². The van der Waals surface area contributed by atoms with Crippen LogP contribution < -0.4 is 0 Å². The third kappa shape index (κ3) is 11.5. The summed E-state index contributed by atoms with van der Waals surface area (Å²) in [7, 11) is 0. The molecule has 0 aromatic carbocycles.